The van der Waals surface area contributed by atoms with Crippen LogP contribution in [-0.4, -0.2) is 13.1 Å². The van der Waals surface area contributed by atoms with E-state index in [0.717, 1.165) is 5.92 Å². The molecule has 0 saturated carbocycles. The zero-order valence-corrected chi connectivity index (χ0v) is 36.6. The maximum atomic E-state index is 3.69. The summed E-state index contributed by atoms with van der Waals surface area (Å²) < 4.78 is 0. The van der Waals surface area contributed by atoms with E-state index in [-0.39, 0.29) is 0 Å². The van der Waals surface area contributed by atoms with Crippen LogP contribution in [0.3, 0.4) is 0 Å². The van der Waals surface area contributed by atoms with Crippen LogP contribution < -0.4 is 5.32 Å². The molecule has 308 valence electrons. The molecule has 0 fully saturated rings. The van der Waals surface area contributed by atoms with E-state index in [1.807, 2.05) is 0 Å². The number of hydrogen-bond donors (Lipinski definition) is 1. The number of nitrogens with one attached hydrogen (secondary N) is 1. The van der Waals surface area contributed by atoms with E-state index in [1.165, 1.54) is 296 Å². The Bertz CT molecular complexity index is 527. The van der Waals surface area contributed by atoms with Gasteiger partial charge in [-0.3, -0.25) is 0 Å². The minimum atomic E-state index is 0.973. The monoisotopic (exact) mass is 718 g/mol. The first-order chi connectivity index (χ1) is 25.3. The van der Waals surface area contributed by atoms with Gasteiger partial charge in [0.05, 0.1) is 0 Å². The molecule has 0 amide bonds. The van der Waals surface area contributed by atoms with Gasteiger partial charge in [0.25, 0.3) is 0 Å². The zero-order chi connectivity index (χ0) is 36.8. The highest BCUT2D eigenvalue weighted by atomic mass is 14.8. The second-order valence-corrected chi connectivity index (χ2v) is 17.4. The molecular formula is C50H103N. The molecule has 0 radical (unpaired) electrons. The zero-order valence-electron chi connectivity index (χ0n) is 36.6. The van der Waals surface area contributed by atoms with Crippen LogP contribution in [0.15, 0.2) is 0 Å². The Morgan fingerprint density at radius 3 is 0.647 bits per heavy atom. The third-order valence-electron chi connectivity index (χ3n) is 12.1. The molecular weight excluding hydrogens is 615 g/mol. The first-order valence-electron chi connectivity index (χ1n) is 25.1. The minimum Gasteiger partial charge on any atom is -0.317 e. The molecule has 1 nitrogen and oxygen atoms in total. The molecule has 0 rings (SSSR count). The maximum Gasteiger partial charge on any atom is -0.00463 e. The van der Waals surface area contributed by atoms with Gasteiger partial charge >= 0.3 is 0 Å². The first kappa shape index (κ1) is 51.0. The Kier molecular flexibility index (Phi) is 47.9. The molecule has 0 aliphatic rings. The van der Waals surface area contributed by atoms with Gasteiger partial charge in [0.15, 0.2) is 0 Å². The summed E-state index contributed by atoms with van der Waals surface area (Å²) in [5.74, 6) is 0.973. The second-order valence-electron chi connectivity index (χ2n) is 17.4. The van der Waals surface area contributed by atoms with E-state index < -0.39 is 0 Å². The Hall–Kier alpha value is -0.0400. The van der Waals surface area contributed by atoms with E-state index >= 15 is 0 Å². The van der Waals surface area contributed by atoms with Gasteiger partial charge in [-0.15, -0.1) is 0 Å². The first-order valence-corrected chi connectivity index (χ1v) is 25.1. The van der Waals surface area contributed by atoms with Crippen LogP contribution in [0, 0.1) is 5.92 Å². The molecule has 0 aromatic heterocycles. The molecule has 0 spiro atoms. The Morgan fingerprint density at radius 2 is 0.431 bits per heavy atom. The van der Waals surface area contributed by atoms with Crippen molar-refractivity contribution in [3.8, 4) is 0 Å². The normalized spacial score (nSPS) is 11.8. The van der Waals surface area contributed by atoms with E-state index in [1.54, 1.807) is 0 Å². The van der Waals surface area contributed by atoms with Crippen molar-refractivity contribution in [2.75, 3.05) is 13.1 Å². The van der Waals surface area contributed by atoms with Crippen molar-refractivity contribution in [2.24, 2.45) is 5.92 Å². The highest BCUT2D eigenvalue weighted by molar-refractivity contribution is 4.63. The highest BCUT2D eigenvalue weighted by Gasteiger charge is 2.09. The molecule has 1 heteroatoms. The van der Waals surface area contributed by atoms with Crippen LogP contribution in [0.1, 0.15) is 303 Å². The lowest BCUT2D eigenvalue weighted by atomic mass is 9.91. The Balaban J connectivity index is 3.55. The topological polar surface area (TPSA) is 12.0 Å². The van der Waals surface area contributed by atoms with Crippen LogP contribution >= 0.6 is 0 Å². The summed E-state index contributed by atoms with van der Waals surface area (Å²) in [5, 5.41) is 3.69. The average Bonchev–Trinajstić information content (AvgIpc) is 3.14. The molecule has 0 atom stereocenters. The van der Waals surface area contributed by atoms with Gasteiger partial charge in [-0.1, -0.05) is 290 Å². The molecule has 1 N–H and O–H groups in total. The second kappa shape index (κ2) is 48.0. The van der Waals surface area contributed by atoms with Crippen molar-refractivity contribution in [2.45, 2.75) is 303 Å². The molecule has 0 saturated heterocycles. The lowest BCUT2D eigenvalue weighted by Crippen LogP contribution is -2.19. The average molecular weight is 718 g/mol. The highest BCUT2D eigenvalue weighted by Crippen LogP contribution is 2.23. The Morgan fingerprint density at radius 1 is 0.216 bits per heavy atom. The third kappa shape index (κ3) is 46.0. The van der Waals surface area contributed by atoms with Gasteiger partial charge in [0.1, 0.15) is 0 Å². The van der Waals surface area contributed by atoms with Gasteiger partial charge in [-0.05, 0) is 31.8 Å². The van der Waals surface area contributed by atoms with Crippen LogP contribution in [0.2, 0.25) is 0 Å². The van der Waals surface area contributed by atoms with Crippen LogP contribution in [0.25, 0.3) is 0 Å². The standard InChI is InChI=1S/C50H103N/c1-4-7-9-11-13-15-17-19-21-23-25-27-29-31-33-35-37-39-41-43-45-50(47-49-51-48-6-3)46-44-42-40-38-36-34-32-30-28-26-24-22-20-18-16-14-12-10-8-5-2/h50-51H,4-49H2,1-3H3. The van der Waals surface area contributed by atoms with Gasteiger partial charge < -0.3 is 5.32 Å². The number of rotatable bonds is 47. The molecule has 0 aromatic carbocycles. The van der Waals surface area contributed by atoms with E-state index in [4.69, 9.17) is 0 Å². The van der Waals surface area contributed by atoms with Crippen molar-refractivity contribution in [1.29, 1.82) is 0 Å². The Labute approximate surface area is 326 Å². The summed E-state index contributed by atoms with van der Waals surface area (Å²) in [4.78, 5) is 0. The quantitative estimate of drug-likeness (QED) is 0.0618. The summed E-state index contributed by atoms with van der Waals surface area (Å²) in [6.07, 6.45) is 64.8. The van der Waals surface area contributed by atoms with Crippen molar-refractivity contribution in [3.05, 3.63) is 0 Å². The lowest BCUT2D eigenvalue weighted by Gasteiger charge is -2.17. The predicted octanol–water partition coefficient (Wildman–Crippen LogP) is 18.4. The summed E-state index contributed by atoms with van der Waals surface area (Å²) in [6, 6.07) is 0. The van der Waals surface area contributed by atoms with Crippen LogP contribution in [-0.2, 0) is 0 Å². The van der Waals surface area contributed by atoms with Gasteiger partial charge in [0, 0.05) is 0 Å². The molecule has 0 aromatic rings. The maximum absolute atomic E-state index is 3.69. The minimum absolute atomic E-state index is 0.973. The fourth-order valence-corrected chi connectivity index (χ4v) is 8.42. The molecule has 0 heterocycles. The van der Waals surface area contributed by atoms with Crippen molar-refractivity contribution >= 4 is 0 Å². The van der Waals surface area contributed by atoms with Crippen LogP contribution in [0.5, 0.6) is 0 Å². The smallest absolute Gasteiger partial charge is 0.00463 e. The molecule has 0 aliphatic heterocycles. The number of hydrogen-bond acceptors (Lipinski definition) is 1. The predicted molar refractivity (Wildman–Crippen MR) is 237 cm³/mol. The SMILES string of the molecule is CCCCCCCCCCCCCCCCCCCCCCC(CCCCCCCCCCCCCCCCCCCCCC)CCNCCC. The van der Waals surface area contributed by atoms with Gasteiger partial charge in [-0.25, -0.2) is 0 Å². The third-order valence-corrected chi connectivity index (χ3v) is 12.1. The van der Waals surface area contributed by atoms with Gasteiger partial charge in [0.2, 0.25) is 0 Å². The van der Waals surface area contributed by atoms with Crippen molar-refractivity contribution in [3.63, 3.8) is 0 Å². The van der Waals surface area contributed by atoms with E-state index in [9.17, 15) is 0 Å². The summed E-state index contributed by atoms with van der Waals surface area (Å²) in [7, 11) is 0. The van der Waals surface area contributed by atoms with Crippen molar-refractivity contribution in [1.82, 2.24) is 5.32 Å². The molecule has 0 unspecified atom stereocenters. The summed E-state index contributed by atoms with van der Waals surface area (Å²) >= 11 is 0. The number of unbranched alkanes of at least 4 members (excludes halogenated alkanes) is 38. The van der Waals surface area contributed by atoms with Crippen molar-refractivity contribution < 1.29 is 0 Å². The summed E-state index contributed by atoms with van der Waals surface area (Å²) in [6.45, 7) is 9.37. The summed E-state index contributed by atoms with van der Waals surface area (Å²) in [5.41, 5.74) is 0. The fourth-order valence-electron chi connectivity index (χ4n) is 8.42. The lowest BCUT2D eigenvalue weighted by molar-refractivity contribution is 0.372. The van der Waals surface area contributed by atoms with Crippen LogP contribution in [0.4, 0.5) is 0 Å². The molecule has 0 aliphatic carbocycles. The molecule has 0 bridgehead atoms. The fraction of sp³-hybridized carbons (Fsp3) is 1.00. The largest absolute Gasteiger partial charge is 0.317 e. The molecule has 51 heavy (non-hydrogen) atoms. The van der Waals surface area contributed by atoms with E-state index in [0.29, 0.717) is 0 Å². The van der Waals surface area contributed by atoms with E-state index in [2.05, 4.69) is 26.1 Å². The van der Waals surface area contributed by atoms with Gasteiger partial charge in [-0.2, -0.15) is 0 Å².